The van der Waals surface area contributed by atoms with Crippen molar-refractivity contribution in [2.24, 2.45) is 0 Å². The Morgan fingerprint density at radius 1 is 1.22 bits per heavy atom. The van der Waals surface area contributed by atoms with Gasteiger partial charge in [0.05, 0.1) is 0 Å². The molecule has 98 valence electrons. The number of benzene rings is 1. The van der Waals surface area contributed by atoms with Crippen molar-refractivity contribution in [2.45, 2.75) is 32.1 Å². The highest BCUT2D eigenvalue weighted by molar-refractivity contribution is 5.16. The van der Waals surface area contributed by atoms with Crippen LogP contribution in [0.1, 0.15) is 18.9 Å². The van der Waals surface area contributed by atoms with Crippen molar-refractivity contribution < 1.29 is 13.2 Å². The van der Waals surface area contributed by atoms with Crippen LogP contribution in [0.2, 0.25) is 0 Å². The van der Waals surface area contributed by atoms with Gasteiger partial charge in [-0.3, -0.25) is 4.90 Å². The zero-order valence-electron chi connectivity index (χ0n) is 10.2. The summed E-state index contributed by atoms with van der Waals surface area (Å²) in [5.41, 5.74) is 1.74. The minimum absolute atomic E-state index is 0.0797. The molecular formula is C14H16F3N. The van der Waals surface area contributed by atoms with Crippen molar-refractivity contribution in [2.75, 3.05) is 6.54 Å². The van der Waals surface area contributed by atoms with Gasteiger partial charge < -0.3 is 0 Å². The molecule has 1 nitrogen and oxygen atoms in total. The summed E-state index contributed by atoms with van der Waals surface area (Å²) in [4.78, 5) is 1.49. The highest BCUT2D eigenvalue weighted by atomic mass is 19.4. The third-order valence-corrected chi connectivity index (χ3v) is 3.24. The van der Waals surface area contributed by atoms with Crippen molar-refractivity contribution in [3.8, 4) is 0 Å². The van der Waals surface area contributed by atoms with Gasteiger partial charge in [0.25, 0.3) is 0 Å². The largest absolute Gasteiger partial charge is 0.404 e. The van der Waals surface area contributed by atoms with Crippen LogP contribution in [0, 0.1) is 0 Å². The van der Waals surface area contributed by atoms with Crippen LogP contribution in [0.4, 0.5) is 13.2 Å². The summed E-state index contributed by atoms with van der Waals surface area (Å²) in [6.07, 6.45) is -2.20. The van der Waals surface area contributed by atoms with E-state index >= 15 is 0 Å². The van der Waals surface area contributed by atoms with Crippen LogP contribution in [0.15, 0.2) is 42.0 Å². The van der Waals surface area contributed by atoms with Gasteiger partial charge in [-0.25, -0.2) is 0 Å². The molecule has 0 fully saturated rings. The molecule has 18 heavy (non-hydrogen) atoms. The third kappa shape index (κ3) is 3.13. The number of nitrogens with zero attached hydrogens (tertiary/aromatic N) is 1. The molecule has 1 unspecified atom stereocenters. The quantitative estimate of drug-likeness (QED) is 0.727. The first-order chi connectivity index (χ1) is 8.47. The monoisotopic (exact) mass is 255 g/mol. The van der Waals surface area contributed by atoms with E-state index < -0.39 is 12.2 Å². The topological polar surface area (TPSA) is 3.24 Å². The average Bonchev–Trinajstić information content (AvgIpc) is 2.31. The molecule has 0 aliphatic carbocycles. The second kappa shape index (κ2) is 5.14. The lowest BCUT2D eigenvalue weighted by Crippen LogP contribution is -2.47. The molecule has 0 N–H and O–H groups in total. The predicted octanol–water partition coefficient (Wildman–Crippen LogP) is 3.77. The van der Waals surface area contributed by atoms with Gasteiger partial charge in [-0.2, -0.15) is 13.2 Å². The molecule has 1 aliphatic rings. The molecule has 4 heteroatoms. The Morgan fingerprint density at radius 2 is 1.89 bits per heavy atom. The van der Waals surface area contributed by atoms with Gasteiger partial charge >= 0.3 is 6.18 Å². The Morgan fingerprint density at radius 3 is 2.50 bits per heavy atom. The van der Waals surface area contributed by atoms with Crippen molar-refractivity contribution in [3.63, 3.8) is 0 Å². The molecule has 0 aromatic heterocycles. The molecule has 0 spiro atoms. The number of halogens is 3. The summed E-state index contributed by atoms with van der Waals surface area (Å²) in [5.74, 6) is 0. The van der Waals surface area contributed by atoms with Crippen molar-refractivity contribution >= 4 is 0 Å². The number of hydrogen-bond donors (Lipinski definition) is 0. The van der Waals surface area contributed by atoms with Gasteiger partial charge in [0.2, 0.25) is 0 Å². The molecule has 0 radical (unpaired) electrons. The molecule has 1 aromatic carbocycles. The minimum Gasteiger partial charge on any atom is -0.284 e. The maximum atomic E-state index is 13.0. The Labute approximate surface area is 105 Å². The van der Waals surface area contributed by atoms with Crippen LogP contribution in [0.5, 0.6) is 0 Å². The standard InChI is InChI=1S/C14H16F3N/c1-11-7-8-18(13(9-11)14(15,16)17)10-12-5-3-2-4-6-12/h2-7,13H,8-10H2,1H3. The Hall–Kier alpha value is -1.29. The van der Waals surface area contributed by atoms with Gasteiger partial charge in [0.15, 0.2) is 0 Å². The van der Waals surface area contributed by atoms with Crippen molar-refractivity contribution in [1.82, 2.24) is 4.90 Å². The first kappa shape index (κ1) is 13.1. The van der Waals surface area contributed by atoms with Gasteiger partial charge in [0, 0.05) is 13.1 Å². The maximum Gasteiger partial charge on any atom is 0.404 e. The predicted molar refractivity (Wildman–Crippen MR) is 65.1 cm³/mol. The van der Waals surface area contributed by atoms with Crippen LogP contribution < -0.4 is 0 Å². The fourth-order valence-electron chi connectivity index (χ4n) is 2.23. The average molecular weight is 255 g/mol. The van der Waals surface area contributed by atoms with Gasteiger partial charge in [-0.1, -0.05) is 42.0 Å². The van der Waals surface area contributed by atoms with Crippen molar-refractivity contribution in [3.05, 3.63) is 47.5 Å². The van der Waals surface area contributed by atoms with E-state index in [1.54, 1.807) is 6.92 Å². The van der Waals surface area contributed by atoms with E-state index in [0.29, 0.717) is 13.1 Å². The number of alkyl halides is 3. The Balaban J connectivity index is 2.15. The summed E-state index contributed by atoms with van der Waals surface area (Å²) >= 11 is 0. The molecular weight excluding hydrogens is 239 g/mol. The van der Waals surface area contributed by atoms with E-state index in [4.69, 9.17) is 0 Å². The van der Waals surface area contributed by atoms with E-state index in [0.717, 1.165) is 11.1 Å². The minimum atomic E-state index is -4.16. The van der Waals surface area contributed by atoms with E-state index in [1.807, 2.05) is 36.4 Å². The van der Waals surface area contributed by atoms with Crippen LogP contribution >= 0.6 is 0 Å². The lowest BCUT2D eigenvalue weighted by atomic mass is 10.00. The fraction of sp³-hybridized carbons (Fsp3) is 0.429. The maximum absolute atomic E-state index is 13.0. The van der Waals surface area contributed by atoms with Crippen LogP contribution in [-0.4, -0.2) is 23.7 Å². The van der Waals surface area contributed by atoms with E-state index in [9.17, 15) is 13.2 Å². The van der Waals surface area contributed by atoms with Gasteiger partial charge in [-0.05, 0) is 18.9 Å². The number of hydrogen-bond acceptors (Lipinski definition) is 1. The van der Waals surface area contributed by atoms with Gasteiger partial charge in [-0.15, -0.1) is 0 Å². The second-order valence-electron chi connectivity index (χ2n) is 4.73. The highest BCUT2D eigenvalue weighted by Crippen LogP contribution is 2.32. The Bertz CT molecular complexity index is 422. The molecule has 1 aliphatic heterocycles. The fourth-order valence-corrected chi connectivity index (χ4v) is 2.23. The van der Waals surface area contributed by atoms with E-state index in [-0.39, 0.29) is 6.42 Å². The molecule has 1 aromatic rings. The number of rotatable bonds is 2. The Kier molecular flexibility index (Phi) is 3.76. The molecule has 0 saturated carbocycles. The summed E-state index contributed by atoms with van der Waals surface area (Å²) in [6.45, 7) is 2.47. The van der Waals surface area contributed by atoms with Crippen LogP contribution in [0.3, 0.4) is 0 Å². The normalized spacial score (nSPS) is 21.8. The molecule has 0 saturated heterocycles. The summed E-state index contributed by atoms with van der Waals surface area (Å²) in [7, 11) is 0. The lowest BCUT2D eigenvalue weighted by Gasteiger charge is -2.35. The molecule has 1 heterocycles. The smallest absolute Gasteiger partial charge is 0.284 e. The SMILES string of the molecule is CC1=CCN(Cc2ccccc2)C(C(F)(F)F)C1. The van der Waals surface area contributed by atoms with E-state index in [2.05, 4.69) is 0 Å². The second-order valence-corrected chi connectivity index (χ2v) is 4.73. The molecule has 1 atom stereocenters. The lowest BCUT2D eigenvalue weighted by molar-refractivity contribution is -0.185. The third-order valence-electron chi connectivity index (χ3n) is 3.24. The zero-order valence-corrected chi connectivity index (χ0v) is 10.2. The summed E-state index contributed by atoms with van der Waals surface area (Å²) in [6, 6.07) is 7.93. The summed E-state index contributed by atoms with van der Waals surface area (Å²) < 4.78 is 39.0. The van der Waals surface area contributed by atoms with Gasteiger partial charge in [0.1, 0.15) is 6.04 Å². The molecule has 2 rings (SSSR count). The van der Waals surface area contributed by atoms with Crippen molar-refractivity contribution in [1.29, 1.82) is 0 Å². The van der Waals surface area contributed by atoms with Crippen LogP contribution in [0.25, 0.3) is 0 Å². The first-order valence-corrected chi connectivity index (χ1v) is 5.97. The molecule has 0 bridgehead atoms. The zero-order chi connectivity index (χ0) is 13.2. The van der Waals surface area contributed by atoms with Crippen LogP contribution in [-0.2, 0) is 6.54 Å². The summed E-state index contributed by atoms with van der Waals surface area (Å²) in [5, 5.41) is 0. The van der Waals surface area contributed by atoms with E-state index in [1.165, 1.54) is 4.90 Å². The first-order valence-electron chi connectivity index (χ1n) is 5.97. The highest BCUT2D eigenvalue weighted by Gasteiger charge is 2.44. The molecule has 0 amide bonds.